The van der Waals surface area contributed by atoms with E-state index in [2.05, 4.69) is 229 Å². The molecule has 1 nitrogen and oxygen atoms in total. The molecule has 0 unspecified atom stereocenters. The summed E-state index contributed by atoms with van der Waals surface area (Å²) in [5, 5.41) is 7.77. The Morgan fingerprint density at radius 2 is 0.770 bits per heavy atom. The van der Waals surface area contributed by atoms with Crippen molar-refractivity contribution in [2.24, 2.45) is 0 Å². The maximum absolute atomic E-state index is 2.43. The summed E-state index contributed by atoms with van der Waals surface area (Å²) in [7, 11) is 0. The fraction of sp³-hybridized carbons (Fsp3) is 0. The monoisotopic (exact) mass is 811 g/mol. The molecule has 0 amide bonds. The number of nitrogens with zero attached hydrogens (tertiary/aromatic N) is 1. The highest BCUT2D eigenvalue weighted by atomic mass is 32.1. The number of benzene rings is 10. The van der Waals surface area contributed by atoms with Crippen LogP contribution >= 0.6 is 22.7 Å². The van der Waals surface area contributed by atoms with Crippen molar-refractivity contribution in [1.29, 1.82) is 0 Å². The zero-order valence-electron chi connectivity index (χ0n) is 33.1. The summed E-state index contributed by atoms with van der Waals surface area (Å²) in [4.78, 5) is 2.43. The third kappa shape index (κ3) is 6.38. The van der Waals surface area contributed by atoms with Gasteiger partial charge < -0.3 is 4.90 Å². The van der Waals surface area contributed by atoms with Gasteiger partial charge in [-0.05, 0) is 116 Å². The van der Waals surface area contributed by atoms with E-state index in [9.17, 15) is 0 Å². The predicted molar refractivity (Wildman–Crippen MR) is 266 cm³/mol. The van der Waals surface area contributed by atoms with Crippen molar-refractivity contribution in [3.8, 4) is 44.5 Å². The van der Waals surface area contributed by atoms with Gasteiger partial charge >= 0.3 is 0 Å². The number of anilines is 3. The molecule has 2 heterocycles. The van der Waals surface area contributed by atoms with Crippen molar-refractivity contribution in [1.82, 2.24) is 0 Å². The van der Waals surface area contributed by atoms with Gasteiger partial charge in [-0.2, -0.15) is 0 Å². The van der Waals surface area contributed by atoms with Gasteiger partial charge in [-0.25, -0.2) is 0 Å². The highest BCUT2D eigenvalue weighted by molar-refractivity contribution is 7.26. The molecule has 0 radical (unpaired) electrons. The van der Waals surface area contributed by atoms with Crippen molar-refractivity contribution >= 4 is 90.9 Å². The molecule has 0 fully saturated rings. The topological polar surface area (TPSA) is 3.24 Å². The van der Waals surface area contributed by atoms with Crippen LogP contribution in [-0.4, -0.2) is 0 Å². The molecule has 2 aromatic heterocycles. The fourth-order valence-corrected chi connectivity index (χ4v) is 11.3. The Bertz CT molecular complexity index is 3610. The third-order valence-corrected chi connectivity index (χ3v) is 14.3. The highest BCUT2D eigenvalue weighted by Crippen LogP contribution is 2.45. The minimum absolute atomic E-state index is 1.10. The molecule has 0 aliphatic carbocycles. The Labute approximate surface area is 362 Å². The summed E-state index contributed by atoms with van der Waals surface area (Å²) >= 11 is 3.73. The van der Waals surface area contributed by atoms with Gasteiger partial charge in [0.25, 0.3) is 0 Å². The van der Waals surface area contributed by atoms with Gasteiger partial charge in [0.2, 0.25) is 0 Å². The summed E-state index contributed by atoms with van der Waals surface area (Å²) in [6.45, 7) is 0. The quantitative estimate of drug-likeness (QED) is 0.155. The van der Waals surface area contributed by atoms with Crippen molar-refractivity contribution in [2.75, 3.05) is 4.90 Å². The molecule has 0 bridgehead atoms. The van der Waals surface area contributed by atoms with Crippen LogP contribution in [0.25, 0.3) is 95.6 Å². The van der Waals surface area contributed by atoms with Crippen LogP contribution in [-0.2, 0) is 0 Å². The van der Waals surface area contributed by atoms with Crippen LogP contribution in [0.3, 0.4) is 0 Å². The second kappa shape index (κ2) is 14.8. The first-order chi connectivity index (χ1) is 30.2. The lowest BCUT2D eigenvalue weighted by atomic mass is 9.96. The largest absolute Gasteiger partial charge is 0.310 e. The number of thiophene rings is 2. The molecule has 61 heavy (non-hydrogen) atoms. The molecule has 3 heteroatoms. The zero-order valence-corrected chi connectivity index (χ0v) is 34.8. The Hall–Kier alpha value is -7.30. The van der Waals surface area contributed by atoms with E-state index in [1.165, 1.54) is 95.6 Å². The molecule has 286 valence electrons. The Morgan fingerprint density at radius 1 is 0.262 bits per heavy atom. The first-order valence-corrected chi connectivity index (χ1v) is 22.4. The van der Waals surface area contributed by atoms with E-state index in [-0.39, 0.29) is 0 Å². The van der Waals surface area contributed by atoms with E-state index in [0.717, 1.165) is 17.1 Å². The summed E-state index contributed by atoms with van der Waals surface area (Å²) < 4.78 is 5.26. The van der Waals surface area contributed by atoms with Crippen LogP contribution in [0.15, 0.2) is 224 Å². The van der Waals surface area contributed by atoms with Gasteiger partial charge in [0.1, 0.15) is 0 Å². The van der Waals surface area contributed by atoms with Crippen molar-refractivity contribution in [2.45, 2.75) is 0 Å². The molecule has 0 aliphatic heterocycles. The summed E-state index contributed by atoms with van der Waals surface area (Å²) in [5.74, 6) is 0. The number of hydrogen-bond donors (Lipinski definition) is 0. The van der Waals surface area contributed by atoms with E-state index in [0.29, 0.717) is 0 Å². The van der Waals surface area contributed by atoms with Crippen molar-refractivity contribution in [3.63, 3.8) is 0 Å². The van der Waals surface area contributed by atoms with Crippen LogP contribution < -0.4 is 4.90 Å². The van der Waals surface area contributed by atoms with E-state index in [4.69, 9.17) is 0 Å². The molecule has 0 aliphatic rings. The van der Waals surface area contributed by atoms with Gasteiger partial charge in [0, 0.05) is 57.3 Å². The molecule has 0 atom stereocenters. The molecule has 12 aromatic rings. The van der Waals surface area contributed by atoms with Gasteiger partial charge in [0.05, 0.1) is 5.69 Å². The Balaban J connectivity index is 0.976. The molecule has 0 saturated carbocycles. The van der Waals surface area contributed by atoms with Crippen LogP contribution in [0, 0.1) is 0 Å². The van der Waals surface area contributed by atoms with E-state index >= 15 is 0 Å². The van der Waals surface area contributed by atoms with Crippen LogP contribution in [0.5, 0.6) is 0 Å². The number of fused-ring (bicyclic) bond motifs is 7. The van der Waals surface area contributed by atoms with Gasteiger partial charge in [0.15, 0.2) is 0 Å². The highest BCUT2D eigenvalue weighted by Gasteiger charge is 2.19. The van der Waals surface area contributed by atoms with E-state index in [1.54, 1.807) is 0 Å². The molecule has 0 spiro atoms. The maximum atomic E-state index is 2.43. The van der Waals surface area contributed by atoms with Crippen LogP contribution in [0.2, 0.25) is 0 Å². The van der Waals surface area contributed by atoms with Crippen LogP contribution in [0.4, 0.5) is 17.1 Å². The maximum Gasteiger partial charge on any atom is 0.0540 e. The minimum atomic E-state index is 1.10. The fourth-order valence-electron chi connectivity index (χ4n) is 9.01. The zero-order chi connectivity index (χ0) is 40.3. The second-order valence-electron chi connectivity index (χ2n) is 15.7. The van der Waals surface area contributed by atoms with Gasteiger partial charge in [-0.1, -0.05) is 158 Å². The molecular formula is C58H37NS2. The predicted octanol–water partition coefficient (Wildman–Crippen LogP) is 17.7. The molecule has 12 rings (SSSR count). The minimum Gasteiger partial charge on any atom is -0.310 e. The number of rotatable bonds is 7. The van der Waals surface area contributed by atoms with Crippen molar-refractivity contribution < 1.29 is 0 Å². The molecule has 0 N–H and O–H groups in total. The summed E-state index contributed by atoms with van der Waals surface area (Å²) in [6, 6.07) is 82.6. The Morgan fingerprint density at radius 3 is 1.51 bits per heavy atom. The summed E-state index contributed by atoms with van der Waals surface area (Å²) in [5.41, 5.74) is 12.9. The second-order valence-corrected chi connectivity index (χ2v) is 17.9. The third-order valence-electron chi connectivity index (χ3n) is 12.1. The Kier molecular flexibility index (Phi) is 8.62. The number of para-hydroxylation sites is 1. The molecular weight excluding hydrogens is 775 g/mol. The molecule has 10 aromatic carbocycles. The molecule has 0 saturated heterocycles. The van der Waals surface area contributed by atoms with Crippen LogP contribution in [0.1, 0.15) is 0 Å². The average molecular weight is 812 g/mol. The smallest absolute Gasteiger partial charge is 0.0540 e. The first-order valence-electron chi connectivity index (χ1n) is 20.7. The van der Waals surface area contributed by atoms with Crippen molar-refractivity contribution in [3.05, 3.63) is 224 Å². The lowest BCUT2D eigenvalue weighted by molar-refractivity contribution is 1.28. The van der Waals surface area contributed by atoms with Gasteiger partial charge in [-0.3, -0.25) is 0 Å². The standard InChI is InChI=1S/C58H37NS2/c1-2-12-40-33-44(24-23-38(40)11-1)42-14-9-13-41(34-42)43-15-10-16-48(35-43)59(47-29-25-39(26-30-47)45-27-31-52-50-18-4-7-21-55(50)60-57(52)36-45)54-20-6-3-17-49(54)46-28-32-53-51-19-5-8-22-56(51)61-58(53)37-46/h1-37H. The normalized spacial score (nSPS) is 11.6. The lowest BCUT2D eigenvalue weighted by Gasteiger charge is -2.28. The SMILES string of the molecule is c1cc(-c2cccc(N(c3ccc(-c4ccc5c(c4)sc4ccccc45)cc3)c3ccccc3-c3ccc4c(c3)sc3ccccc34)c2)cc(-c2ccc3ccccc3c2)c1. The summed E-state index contributed by atoms with van der Waals surface area (Å²) in [6.07, 6.45) is 0. The first kappa shape index (κ1) is 35.6. The van der Waals surface area contributed by atoms with E-state index in [1.807, 2.05) is 22.7 Å². The number of hydrogen-bond acceptors (Lipinski definition) is 3. The van der Waals surface area contributed by atoms with E-state index < -0.39 is 0 Å². The lowest BCUT2D eigenvalue weighted by Crippen LogP contribution is -2.11. The van der Waals surface area contributed by atoms with Gasteiger partial charge in [-0.15, -0.1) is 22.7 Å². The average Bonchev–Trinajstić information content (AvgIpc) is 3.90.